The number of hydrogen-bond acceptors (Lipinski definition) is 4. The number of carbonyl (C=O) groups is 1. The Kier molecular flexibility index (Phi) is 5.09. The lowest BCUT2D eigenvalue weighted by Gasteiger charge is -2.41. The van der Waals surface area contributed by atoms with Gasteiger partial charge in [0, 0.05) is 31.2 Å². The lowest BCUT2D eigenvalue weighted by Crippen LogP contribution is -2.53. The SMILES string of the molecule is CC(C)(CNC(=O)C=Cc1ccc2c(c1)OCO2)N1CCc2ccccc2C1. The van der Waals surface area contributed by atoms with Crippen LogP contribution in [0.25, 0.3) is 6.08 Å². The predicted molar refractivity (Wildman–Crippen MR) is 109 cm³/mol. The maximum Gasteiger partial charge on any atom is 0.244 e. The average Bonchev–Trinajstić information content (AvgIpc) is 3.18. The highest BCUT2D eigenvalue weighted by Gasteiger charge is 2.29. The fourth-order valence-electron chi connectivity index (χ4n) is 3.68. The molecule has 0 fully saturated rings. The van der Waals surface area contributed by atoms with Gasteiger partial charge in [-0.3, -0.25) is 9.69 Å². The molecule has 0 saturated heterocycles. The first-order valence-corrected chi connectivity index (χ1v) is 9.69. The number of fused-ring (bicyclic) bond motifs is 2. The molecule has 0 aromatic heterocycles. The minimum Gasteiger partial charge on any atom is -0.454 e. The van der Waals surface area contributed by atoms with Crippen molar-refractivity contribution in [1.29, 1.82) is 0 Å². The van der Waals surface area contributed by atoms with E-state index in [9.17, 15) is 4.79 Å². The lowest BCUT2D eigenvalue weighted by atomic mass is 9.94. The first-order valence-electron chi connectivity index (χ1n) is 9.69. The van der Waals surface area contributed by atoms with Crippen LogP contribution in [0.4, 0.5) is 0 Å². The van der Waals surface area contributed by atoms with Gasteiger partial charge in [-0.05, 0) is 55.2 Å². The maximum atomic E-state index is 12.3. The highest BCUT2D eigenvalue weighted by molar-refractivity contribution is 5.91. The van der Waals surface area contributed by atoms with E-state index in [0.717, 1.165) is 30.8 Å². The van der Waals surface area contributed by atoms with Crippen molar-refractivity contribution in [2.75, 3.05) is 19.9 Å². The minimum atomic E-state index is -0.115. The topological polar surface area (TPSA) is 50.8 Å². The Labute approximate surface area is 165 Å². The summed E-state index contributed by atoms with van der Waals surface area (Å²) in [7, 11) is 0. The van der Waals surface area contributed by atoms with Crippen LogP contribution in [0, 0.1) is 0 Å². The van der Waals surface area contributed by atoms with Gasteiger partial charge in [0.15, 0.2) is 11.5 Å². The summed E-state index contributed by atoms with van der Waals surface area (Å²) in [6.07, 6.45) is 4.41. The van der Waals surface area contributed by atoms with Crippen molar-refractivity contribution in [3.8, 4) is 11.5 Å². The van der Waals surface area contributed by atoms with E-state index in [0.29, 0.717) is 12.3 Å². The zero-order valence-electron chi connectivity index (χ0n) is 16.4. The second-order valence-corrected chi connectivity index (χ2v) is 7.92. The van der Waals surface area contributed by atoms with Gasteiger partial charge in [0.2, 0.25) is 12.7 Å². The van der Waals surface area contributed by atoms with Crippen molar-refractivity contribution in [3.63, 3.8) is 0 Å². The Morgan fingerprint density at radius 2 is 1.93 bits per heavy atom. The summed E-state index contributed by atoms with van der Waals surface area (Å²) in [6.45, 7) is 7.14. The van der Waals surface area contributed by atoms with Crippen LogP contribution in [0.15, 0.2) is 48.5 Å². The Hall–Kier alpha value is -2.79. The van der Waals surface area contributed by atoms with Gasteiger partial charge < -0.3 is 14.8 Å². The van der Waals surface area contributed by atoms with E-state index in [1.54, 1.807) is 12.2 Å². The van der Waals surface area contributed by atoms with Gasteiger partial charge in [-0.25, -0.2) is 0 Å². The van der Waals surface area contributed by atoms with Crippen molar-refractivity contribution >= 4 is 12.0 Å². The third-order valence-electron chi connectivity index (χ3n) is 5.51. The second-order valence-electron chi connectivity index (χ2n) is 7.92. The zero-order chi connectivity index (χ0) is 19.6. The molecule has 4 rings (SSSR count). The van der Waals surface area contributed by atoms with Gasteiger partial charge in [-0.2, -0.15) is 0 Å². The average molecular weight is 378 g/mol. The van der Waals surface area contributed by atoms with Crippen LogP contribution in [0.5, 0.6) is 11.5 Å². The molecule has 146 valence electrons. The fourth-order valence-corrected chi connectivity index (χ4v) is 3.68. The summed E-state index contributed by atoms with van der Waals surface area (Å²) < 4.78 is 10.7. The number of hydrogen-bond donors (Lipinski definition) is 1. The first kappa shape index (κ1) is 18.6. The van der Waals surface area contributed by atoms with E-state index in [2.05, 4.69) is 48.3 Å². The number of nitrogens with one attached hydrogen (secondary N) is 1. The van der Waals surface area contributed by atoms with E-state index in [1.165, 1.54) is 11.1 Å². The normalized spacial score (nSPS) is 16.2. The minimum absolute atomic E-state index is 0.0943. The van der Waals surface area contributed by atoms with Crippen LogP contribution in [-0.2, 0) is 17.8 Å². The zero-order valence-corrected chi connectivity index (χ0v) is 16.4. The molecule has 0 atom stereocenters. The highest BCUT2D eigenvalue weighted by Crippen LogP contribution is 2.32. The van der Waals surface area contributed by atoms with Crippen molar-refractivity contribution in [2.24, 2.45) is 0 Å². The van der Waals surface area contributed by atoms with Crippen LogP contribution >= 0.6 is 0 Å². The lowest BCUT2D eigenvalue weighted by molar-refractivity contribution is -0.117. The quantitative estimate of drug-likeness (QED) is 0.811. The van der Waals surface area contributed by atoms with E-state index in [4.69, 9.17) is 9.47 Å². The standard InChI is InChI=1S/C23H26N2O3/c1-23(2,25-12-11-18-5-3-4-6-19(18)14-25)15-24-22(26)10-8-17-7-9-20-21(13-17)28-16-27-20/h3-10,13H,11-12,14-16H2,1-2H3,(H,24,26). The molecule has 2 aromatic carbocycles. The molecule has 2 aliphatic rings. The van der Waals surface area contributed by atoms with Crippen molar-refractivity contribution < 1.29 is 14.3 Å². The van der Waals surface area contributed by atoms with Gasteiger partial charge in [0.05, 0.1) is 0 Å². The summed E-state index contributed by atoms with van der Waals surface area (Å²) in [5, 5.41) is 3.04. The molecule has 2 aromatic rings. The van der Waals surface area contributed by atoms with Gasteiger partial charge in [-0.1, -0.05) is 30.3 Å². The summed E-state index contributed by atoms with van der Waals surface area (Å²) in [5.41, 5.74) is 3.61. The first-order chi connectivity index (χ1) is 13.5. The Bertz CT molecular complexity index is 904. The fraction of sp³-hybridized carbons (Fsp3) is 0.348. The van der Waals surface area contributed by atoms with Crippen molar-refractivity contribution in [3.05, 3.63) is 65.2 Å². The van der Waals surface area contributed by atoms with Gasteiger partial charge in [0.25, 0.3) is 0 Å². The van der Waals surface area contributed by atoms with Crippen LogP contribution in [0.3, 0.4) is 0 Å². The number of ether oxygens (including phenoxy) is 2. The van der Waals surface area contributed by atoms with E-state index in [1.807, 2.05) is 18.2 Å². The monoisotopic (exact) mass is 378 g/mol. The Morgan fingerprint density at radius 3 is 2.79 bits per heavy atom. The molecule has 0 unspecified atom stereocenters. The molecule has 5 heteroatoms. The largest absolute Gasteiger partial charge is 0.454 e. The highest BCUT2D eigenvalue weighted by atomic mass is 16.7. The molecule has 0 saturated carbocycles. The molecule has 5 nitrogen and oxygen atoms in total. The van der Waals surface area contributed by atoms with Crippen LogP contribution in [0.1, 0.15) is 30.5 Å². The van der Waals surface area contributed by atoms with E-state index < -0.39 is 0 Å². The molecule has 28 heavy (non-hydrogen) atoms. The molecule has 2 heterocycles. The third kappa shape index (κ3) is 4.04. The third-order valence-corrected chi connectivity index (χ3v) is 5.51. The number of rotatable bonds is 5. The van der Waals surface area contributed by atoms with Crippen LogP contribution in [0.2, 0.25) is 0 Å². The molecule has 1 N–H and O–H groups in total. The van der Waals surface area contributed by atoms with Crippen molar-refractivity contribution in [1.82, 2.24) is 10.2 Å². The molecule has 2 aliphatic heterocycles. The Balaban J connectivity index is 1.32. The van der Waals surface area contributed by atoms with Crippen LogP contribution in [-0.4, -0.2) is 36.2 Å². The van der Waals surface area contributed by atoms with Gasteiger partial charge >= 0.3 is 0 Å². The molecule has 0 bridgehead atoms. The number of carbonyl (C=O) groups excluding carboxylic acids is 1. The predicted octanol–water partition coefficient (Wildman–Crippen LogP) is 3.38. The molecule has 1 amide bonds. The second kappa shape index (κ2) is 7.68. The molecule has 0 spiro atoms. The van der Waals surface area contributed by atoms with Crippen molar-refractivity contribution in [2.45, 2.75) is 32.4 Å². The van der Waals surface area contributed by atoms with Gasteiger partial charge in [0.1, 0.15) is 0 Å². The van der Waals surface area contributed by atoms with E-state index in [-0.39, 0.29) is 18.2 Å². The van der Waals surface area contributed by atoms with Crippen LogP contribution < -0.4 is 14.8 Å². The molecular weight excluding hydrogens is 352 g/mol. The summed E-state index contributed by atoms with van der Waals surface area (Å²) in [5.74, 6) is 1.36. The summed E-state index contributed by atoms with van der Waals surface area (Å²) >= 11 is 0. The number of benzene rings is 2. The Morgan fingerprint density at radius 1 is 1.14 bits per heavy atom. The maximum absolute atomic E-state index is 12.3. The smallest absolute Gasteiger partial charge is 0.244 e. The molecule has 0 radical (unpaired) electrons. The summed E-state index contributed by atoms with van der Waals surface area (Å²) in [4.78, 5) is 14.7. The van der Waals surface area contributed by atoms with E-state index >= 15 is 0 Å². The molecule has 0 aliphatic carbocycles. The number of nitrogens with zero attached hydrogens (tertiary/aromatic N) is 1. The number of amides is 1. The molecular formula is C23H26N2O3. The summed E-state index contributed by atoms with van der Waals surface area (Å²) in [6, 6.07) is 14.3. The van der Waals surface area contributed by atoms with Gasteiger partial charge in [-0.15, -0.1) is 0 Å².